The van der Waals surface area contributed by atoms with Gasteiger partial charge in [0.05, 0.1) is 6.20 Å². The molecule has 2 aromatic rings. The lowest BCUT2D eigenvalue weighted by Crippen LogP contribution is -2.04. The number of hydrogen-bond acceptors (Lipinski definition) is 2. The van der Waals surface area contributed by atoms with Crippen molar-refractivity contribution in [3.05, 3.63) is 63.6 Å². The number of nitrogens with zero attached hydrogens (tertiary/aromatic N) is 1. The Labute approximate surface area is 107 Å². The molecule has 0 aliphatic carbocycles. The Balaban J connectivity index is 2.44. The van der Waals surface area contributed by atoms with Gasteiger partial charge in [-0.2, -0.15) is 0 Å². The van der Waals surface area contributed by atoms with Crippen molar-refractivity contribution in [1.29, 1.82) is 0 Å². The molecule has 0 N–H and O–H groups in total. The van der Waals surface area contributed by atoms with Crippen LogP contribution in [0.2, 0.25) is 0 Å². The molecule has 1 heterocycles. The van der Waals surface area contributed by atoms with Gasteiger partial charge in [0, 0.05) is 21.8 Å². The third-order valence-corrected chi connectivity index (χ3v) is 2.89. The summed E-state index contributed by atoms with van der Waals surface area (Å²) >= 11 is 3.33. The van der Waals surface area contributed by atoms with Gasteiger partial charge in [-0.15, -0.1) is 0 Å². The molecule has 1 aromatic heterocycles. The van der Waals surface area contributed by atoms with Gasteiger partial charge in [0.2, 0.25) is 0 Å². The molecule has 0 saturated heterocycles. The topological polar surface area (TPSA) is 30.0 Å². The summed E-state index contributed by atoms with van der Waals surface area (Å²) in [5.74, 6) is -0.729. The maximum atomic E-state index is 13.0. The van der Waals surface area contributed by atoms with Gasteiger partial charge in [0.25, 0.3) is 0 Å². The van der Waals surface area contributed by atoms with Crippen LogP contribution in [0.4, 0.5) is 4.39 Å². The van der Waals surface area contributed by atoms with Crippen molar-refractivity contribution >= 4 is 21.7 Å². The molecular weight excluding hydrogens is 285 g/mol. The number of hydrogen-bond donors (Lipinski definition) is 0. The Bertz CT molecular complexity index is 583. The third kappa shape index (κ3) is 2.58. The summed E-state index contributed by atoms with van der Waals surface area (Å²) in [5.41, 5.74) is 1.66. The first kappa shape index (κ1) is 11.9. The van der Waals surface area contributed by atoms with Gasteiger partial charge in [-0.3, -0.25) is 9.78 Å². The number of pyridine rings is 1. The number of carbonyl (C=O) groups is 1. The van der Waals surface area contributed by atoms with Crippen molar-refractivity contribution < 1.29 is 9.18 Å². The van der Waals surface area contributed by atoms with Crippen LogP contribution in [0.3, 0.4) is 0 Å². The van der Waals surface area contributed by atoms with Crippen molar-refractivity contribution in [3.63, 3.8) is 0 Å². The zero-order chi connectivity index (χ0) is 12.4. The summed E-state index contributed by atoms with van der Waals surface area (Å²) in [4.78, 5) is 15.8. The molecule has 1 aromatic carbocycles. The van der Waals surface area contributed by atoms with E-state index in [0.29, 0.717) is 5.56 Å². The lowest BCUT2D eigenvalue weighted by molar-refractivity contribution is 0.103. The summed E-state index contributed by atoms with van der Waals surface area (Å²) in [5, 5.41) is 0. The van der Waals surface area contributed by atoms with Crippen LogP contribution in [0, 0.1) is 12.7 Å². The average Bonchev–Trinajstić information content (AvgIpc) is 2.28. The fourth-order valence-corrected chi connectivity index (χ4v) is 2.05. The van der Waals surface area contributed by atoms with Crippen molar-refractivity contribution in [3.8, 4) is 0 Å². The summed E-state index contributed by atoms with van der Waals surface area (Å²) in [6, 6.07) is 6.54. The highest BCUT2D eigenvalue weighted by atomic mass is 79.9. The molecule has 0 fully saturated rings. The quantitative estimate of drug-likeness (QED) is 0.793. The van der Waals surface area contributed by atoms with Crippen LogP contribution < -0.4 is 0 Å². The van der Waals surface area contributed by atoms with Gasteiger partial charge >= 0.3 is 0 Å². The van der Waals surface area contributed by atoms with Crippen molar-refractivity contribution in [2.75, 3.05) is 0 Å². The molecule has 86 valence electrons. The molecule has 4 heteroatoms. The number of aryl methyl sites for hydroxylation is 1. The molecule has 0 bridgehead atoms. The number of halogens is 2. The van der Waals surface area contributed by atoms with E-state index in [1.54, 1.807) is 12.1 Å². The van der Waals surface area contributed by atoms with E-state index < -0.39 is 5.82 Å². The Morgan fingerprint density at radius 3 is 2.71 bits per heavy atom. The predicted molar refractivity (Wildman–Crippen MR) is 66.5 cm³/mol. The number of ketones is 1. The average molecular weight is 294 g/mol. The highest BCUT2D eigenvalue weighted by Gasteiger charge is 2.12. The Hall–Kier alpha value is -1.55. The van der Waals surface area contributed by atoms with Crippen LogP contribution in [0.1, 0.15) is 21.5 Å². The lowest BCUT2D eigenvalue weighted by atomic mass is 10.0. The van der Waals surface area contributed by atoms with Crippen molar-refractivity contribution in [2.24, 2.45) is 0 Å². The smallest absolute Gasteiger partial charge is 0.194 e. The van der Waals surface area contributed by atoms with Crippen molar-refractivity contribution in [2.45, 2.75) is 6.92 Å². The summed E-state index contributed by atoms with van der Waals surface area (Å²) in [7, 11) is 0. The van der Waals surface area contributed by atoms with E-state index in [0.717, 1.165) is 16.2 Å². The molecule has 2 nitrogen and oxygen atoms in total. The van der Waals surface area contributed by atoms with Gasteiger partial charge in [-0.05, 0) is 36.8 Å². The van der Waals surface area contributed by atoms with Gasteiger partial charge in [-0.1, -0.05) is 15.9 Å². The highest BCUT2D eigenvalue weighted by molar-refractivity contribution is 9.10. The fraction of sp³-hybridized carbons (Fsp3) is 0.0769. The number of carbonyl (C=O) groups excluding carboxylic acids is 1. The third-order valence-electron chi connectivity index (χ3n) is 2.40. The van der Waals surface area contributed by atoms with Crippen LogP contribution in [0.15, 0.2) is 41.1 Å². The van der Waals surface area contributed by atoms with Gasteiger partial charge in [0.1, 0.15) is 5.82 Å². The van der Waals surface area contributed by atoms with E-state index in [1.807, 2.05) is 13.0 Å². The van der Waals surface area contributed by atoms with E-state index in [-0.39, 0.29) is 11.3 Å². The second-order valence-electron chi connectivity index (χ2n) is 3.68. The molecule has 0 aliphatic heterocycles. The first-order chi connectivity index (χ1) is 8.08. The second kappa shape index (κ2) is 4.75. The predicted octanol–water partition coefficient (Wildman–Crippen LogP) is 3.52. The van der Waals surface area contributed by atoms with Crippen LogP contribution in [0.5, 0.6) is 0 Å². The maximum absolute atomic E-state index is 13.0. The van der Waals surface area contributed by atoms with Crippen LogP contribution >= 0.6 is 15.9 Å². The second-order valence-corrected chi connectivity index (χ2v) is 4.60. The fourth-order valence-electron chi connectivity index (χ4n) is 1.57. The summed E-state index contributed by atoms with van der Waals surface area (Å²) in [6.45, 7) is 1.84. The molecule has 0 unspecified atom stereocenters. The van der Waals surface area contributed by atoms with E-state index in [4.69, 9.17) is 0 Å². The molecule has 0 aliphatic rings. The van der Waals surface area contributed by atoms with E-state index in [2.05, 4.69) is 20.9 Å². The van der Waals surface area contributed by atoms with Gasteiger partial charge < -0.3 is 0 Å². The van der Waals surface area contributed by atoms with E-state index in [9.17, 15) is 9.18 Å². The zero-order valence-corrected chi connectivity index (χ0v) is 10.7. The number of rotatable bonds is 2. The largest absolute Gasteiger partial charge is 0.289 e. The lowest BCUT2D eigenvalue weighted by Gasteiger charge is -2.05. The minimum Gasteiger partial charge on any atom is -0.289 e. The molecular formula is C13H9BrFNO. The van der Waals surface area contributed by atoms with E-state index in [1.165, 1.54) is 12.3 Å². The SMILES string of the molecule is Cc1cc(Br)ccc1C(=O)c1cncc(F)c1. The normalized spacial score (nSPS) is 10.3. The van der Waals surface area contributed by atoms with Crippen LogP contribution in [-0.2, 0) is 0 Å². The molecule has 0 atom stereocenters. The highest BCUT2D eigenvalue weighted by Crippen LogP contribution is 2.18. The first-order valence-corrected chi connectivity index (χ1v) is 5.78. The van der Waals surface area contributed by atoms with Gasteiger partial charge in [0.15, 0.2) is 5.78 Å². The monoisotopic (exact) mass is 293 g/mol. The number of aromatic nitrogens is 1. The number of benzene rings is 1. The molecule has 0 spiro atoms. The minimum atomic E-state index is -0.509. The Kier molecular flexibility index (Phi) is 3.33. The van der Waals surface area contributed by atoms with Crippen LogP contribution in [-0.4, -0.2) is 10.8 Å². The maximum Gasteiger partial charge on any atom is 0.194 e. The molecule has 2 rings (SSSR count). The molecule has 17 heavy (non-hydrogen) atoms. The molecule has 0 saturated carbocycles. The first-order valence-electron chi connectivity index (χ1n) is 4.99. The van der Waals surface area contributed by atoms with E-state index >= 15 is 0 Å². The Morgan fingerprint density at radius 1 is 1.29 bits per heavy atom. The standard InChI is InChI=1S/C13H9BrFNO/c1-8-4-10(14)2-3-12(8)13(17)9-5-11(15)7-16-6-9/h2-7H,1H3. The molecule has 0 radical (unpaired) electrons. The summed E-state index contributed by atoms with van der Waals surface area (Å²) in [6.07, 6.45) is 2.44. The zero-order valence-electron chi connectivity index (χ0n) is 9.08. The molecule has 0 amide bonds. The summed E-state index contributed by atoms with van der Waals surface area (Å²) < 4.78 is 13.9. The van der Waals surface area contributed by atoms with Gasteiger partial charge in [-0.25, -0.2) is 4.39 Å². The van der Waals surface area contributed by atoms with Crippen LogP contribution in [0.25, 0.3) is 0 Å². The Morgan fingerprint density at radius 2 is 2.06 bits per heavy atom. The van der Waals surface area contributed by atoms with Crippen molar-refractivity contribution in [1.82, 2.24) is 4.98 Å². The minimum absolute atomic E-state index is 0.220.